The molecule has 0 aromatic rings. The summed E-state index contributed by atoms with van der Waals surface area (Å²) in [5.74, 6) is -0.176. The molecule has 0 spiro atoms. The molecule has 0 aromatic carbocycles. The van der Waals surface area contributed by atoms with E-state index in [9.17, 15) is 4.79 Å². The number of ether oxygens (including phenoxy) is 2. The maximum atomic E-state index is 10.3. The Bertz CT molecular complexity index is 152. The van der Waals surface area contributed by atoms with E-state index in [0.717, 1.165) is 6.61 Å². The summed E-state index contributed by atoms with van der Waals surface area (Å²) >= 11 is 0. The minimum Gasteiger partial charge on any atom is -0.461 e. The average molecular weight is 188 g/mol. The topological polar surface area (TPSA) is 59.1 Å². The zero-order valence-electron chi connectivity index (χ0n) is 7.86. The van der Waals surface area contributed by atoms with E-state index in [4.69, 9.17) is 5.11 Å². The summed E-state index contributed by atoms with van der Waals surface area (Å²) in [5, 5.41) is 8.08. The zero-order valence-corrected chi connectivity index (χ0v) is 7.86. The van der Waals surface area contributed by atoms with E-state index in [2.05, 4.69) is 16.1 Å². The van der Waals surface area contributed by atoms with Crippen LogP contribution in [0.4, 0.5) is 0 Å². The van der Waals surface area contributed by atoms with Gasteiger partial charge in [-0.3, -0.25) is 4.79 Å². The molecule has 0 radical (unpaired) electrons. The van der Waals surface area contributed by atoms with Crippen molar-refractivity contribution < 1.29 is 19.4 Å². The van der Waals surface area contributed by atoms with Crippen molar-refractivity contribution in [2.24, 2.45) is 0 Å². The van der Waals surface area contributed by atoms with Gasteiger partial charge in [-0.05, 0) is 0 Å². The Kier molecular flexibility index (Phi) is 7.24. The van der Waals surface area contributed by atoms with Crippen molar-refractivity contribution in [3.8, 4) is 0 Å². The van der Waals surface area contributed by atoms with E-state index in [1.807, 2.05) is 0 Å². The van der Waals surface area contributed by atoms with Crippen molar-refractivity contribution in [2.75, 3.05) is 19.8 Å². The first-order valence-electron chi connectivity index (χ1n) is 4.23. The summed E-state index contributed by atoms with van der Waals surface area (Å²) in [6.07, 6.45) is 2.18. The van der Waals surface area contributed by atoms with Crippen molar-refractivity contribution in [3.63, 3.8) is 0 Å². The maximum Gasteiger partial charge on any atom is 0.305 e. The van der Waals surface area contributed by atoms with Gasteiger partial charge in [0.1, 0.15) is 12.7 Å². The second-order valence-electron chi connectivity index (χ2n) is 2.46. The van der Waals surface area contributed by atoms with Crippen LogP contribution in [0.15, 0.2) is 12.7 Å². The van der Waals surface area contributed by atoms with E-state index in [1.165, 1.54) is 0 Å². The Morgan fingerprint density at radius 1 is 1.85 bits per heavy atom. The van der Waals surface area contributed by atoms with Crippen LogP contribution < -0.4 is 0 Å². The molecule has 4 heteroatoms. The first-order chi connectivity index (χ1) is 6.24. The van der Waals surface area contributed by atoms with E-state index in [1.54, 1.807) is 13.0 Å². The van der Waals surface area contributed by atoms with Gasteiger partial charge in [0.05, 0.1) is 13.2 Å². The number of rotatable bonds is 4. The van der Waals surface area contributed by atoms with Crippen molar-refractivity contribution in [1.82, 2.24) is 0 Å². The Labute approximate surface area is 78.2 Å². The maximum absolute atomic E-state index is 10.3. The number of aliphatic hydroxyl groups excluding tert-OH is 1. The molecule has 1 atom stereocenters. The van der Waals surface area contributed by atoms with Crippen molar-refractivity contribution in [1.29, 1.82) is 0 Å². The standard InChI is InChI=1S/C6H10O2.C3H6O2/c1-3-5-8-6(7)4-2;4-1-3-2-5-3/h3H,1,4-5H2,2H3;3-4H,1-2H2. The number of carbonyl (C=O) groups is 1. The van der Waals surface area contributed by atoms with E-state index >= 15 is 0 Å². The normalized spacial score (nSPS) is 18.2. The van der Waals surface area contributed by atoms with Crippen LogP contribution in [0, 0.1) is 0 Å². The second kappa shape index (κ2) is 7.76. The van der Waals surface area contributed by atoms with Crippen LogP contribution in [0.3, 0.4) is 0 Å². The van der Waals surface area contributed by atoms with Crippen LogP contribution in [0.25, 0.3) is 0 Å². The smallest absolute Gasteiger partial charge is 0.305 e. The molecule has 76 valence electrons. The molecule has 1 saturated heterocycles. The van der Waals surface area contributed by atoms with Gasteiger partial charge in [0.25, 0.3) is 0 Å². The number of carbonyl (C=O) groups excluding carboxylic acids is 1. The van der Waals surface area contributed by atoms with Gasteiger partial charge in [-0.25, -0.2) is 0 Å². The highest BCUT2D eigenvalue weighted by Crippen LogP contribution is 2.04. The lowest BCUT2D eigenvalue weighted by molar-refractivity contribution is -0.141. The Morgan fingerprint density at radius 2 is 2.46 bits per heavy atom. The highest BCUT2D eigenvalue weighted by Gasteiger charge is 2.19. The van der Waals surface area contributed by atoms with E-state index in [-0.39, 0.29) is 18.7 Å². The van der Waals surface area contributed by atoms with Crippen LogP contribution in [0.1, 0.15) is 13.3 Å². The molecule has 13 heavy (non-hydrogen) atoms. The predicted octanol–water partition coefficient (Wildman–Crippen LogP) is 0.503. The molecule has 1 heterocycles. The summed E-state index contributed by atoms with van der Waals surface area (Å²) in [5.41, 5.74) is 0. The molecule has 1 rings (SSSR count). The van der Waals surface area contributed by atoms with E-state index in [0.29, 0.717) is 13.0 Å². The van der Waals surface area contributed by atoms with Crippen LogP contribution in [-0.2, 0) is 14.3 Å². The molecule has 0 aliphatic carbocycles. The summed E-state index contributed by atoms with van der Waals surface area (Å²) in [6, 6.07) is 0. The third-order valence-corrected chi connectivity index (χ3v) is 1.26. The molecular weight excluding hydrogens is 172 g/mol. The van der Waals surface area contributed by atoms with Crippen LogP contribution in [-0.4, -0.2) is 37.0 Å². The van der Waals surface area contributed by atoms with Gasteiger partial charge >= 0.3 is 5.97 Å². The van der Waals surface area contributed by atoms with Gasteiger partial charge in [0.2, 0.25) is 0 Å². The number of hydrogen-bond donors (Lipinski definition) is 1. The first-order valence-corrected chi connectivity index (χ1v) is 4.23. The lowest BCUT2D eigenvalue weighted by Crippen LogP contribution is -2.00. The fourth-order valence-corrected chi connectivity index (χ4v) is 0.427. The van der Waals surface area contributed by atoms with Crippen molar-refractivity contribution in [3.05, 3.63) is 12.7 Å². The highest BCUT2D eigenvalue weighted by atomic mass is 16.6. The molecule has 1 N–H and O–H groups in total. The van der Waals surface area contributed by atoms with Gasteiger partial charge in [-0.2, -0.15) is 0 Å². The second-order valence-corrected chi connectivity index (χ2v) is 2.46. The molecule has 1 aliphatic heterocycles. The number of hydrogen-bond acceptors (Lipinski definition) is 4. The molecule has 0 saturated carbocycles. The fourth-order valence-electron chi connectivity index (χ4n) is 0.427. The minimum absolute atomic E-state index is 0.176. The van der Waals surface area contributed by atoms with Gasteiger partial charge in [-0.15, -0.1) is 0 Å². The first kappa shape index (κ1) is 12.1. The average Bonchev–Trinajstić information content (AvgIpc) is 2.98. The van der Waals surface area contributed by atoms with Crippen LogP contribution in [0.2, 0.25) is 0 Å². The molecule has 1 aliphatic rings. The van der Waals surface area contributed by atoms with Crippen LogP contribution >= 0.6 is 0 Å². The Hall–Kier alpha value is -0.870. The number of aliphatic hydroxyl groups is 1. The number of epoxide rings is 1. The quantitative estimate of drug-likeness (QED) is 0.396. The van der Waals surface area contributed by atoms with E-state index < -0.39 is 0 Å². The van der Waals surface area contributed by atoms with Gasteiger partial charge in [0, 0.05) is 6.42 Å². The molecule has 0 amide bonds. The molecule has 4 nitrogen and oxygen atoms in total. The Balaban J connectivity index is 0.000000243. The van der Waals surface area contributed by atoms with Gasteiger partial charge in [-0.1, -0.05) is 19.6 Å². The van der Waals surface area contributed by atoms with Crippen molar-refractivity contribution in [2.45, 2.75) is 19.4 Å². The third kappa shape index (κ3) is 9.04. The lowest BCUT2D eigenvalue weighted by Gasteiger charge is -1.94. The van der Waals surface area contributed by atoms with Crippen LogP contribution in [0.5, 0.6) is 0 Å². The molecular formula is C9H16O4. The number of esters is 1. The fraction of sp³-hybridized carbons (Fsp3) is 0.667. The monoisotopic (exact) mass is 188 g/mol. The molecule has 0 aromatic heterocycles. The summed E-state index contributed by atoms with van der Waals surface area (Å²) in [6.45, 7) is 6.43. The van der Waals surface area contributed by atoms with Gasteiger partial charge < -0.3 is 14.6 Å². The third-order valence-electron chi connectivity index (χ3n) is 1.26. The Morgan fingerprint density at radius 3 is 2.69 bits per heavy atom. The molecule has 1 fully saturated rings. The van der Waals surface area contributed by atoms with Crippen molar-refractivity contribution >= 4 is 5.97 Å². The summed E-state index contributed by atoms with van der Waals surface area (Å²) in [4.78, 5) is 10.3. The SMILES string of the molecule is C=CCOC(=O)CC.OCC1CO1. The van der Waals surface area contributed by atoms with Gasteiger partial charge in [0.15, 0.2) is 0 Å². The highest BCUT2D eigenvalue weighted by molar-refractivity contribution is 5.68. The molecule has 0 bridgehead atoms. The predicted molar refractivity (Wildman–Crippen MR) is 48.3 cm³/mol. The lowest BCUT2D eigenvalue weighted by atomic mass is 10.5. The summed E-state index contributed by atoms with van der Waals surface area (Å²) < 4.78 is 9.19. The zero-order chi connectivity index (χ0) is 10.1. The largest absolute Gasteiger partial charge is 0.461 e. The summed E-state index contributed by atoms with van der Waals surface area (Å²) in [7, 11) is 0. The molecule has 1 unspecified atom stereocenters. The minimum atomic E-state index is -0.176.